The molecule has 0 fully saturated rings. The van der Waals surface area contributed by atoms with Crippen molar-refractivity contribution >= 4 is 22.4 Å². The Balaban J connectivity index is 1.92. The first-order chi connectivity index (χ1) is 11.4. The molecule has 1 unspecified atom stereocenters. The second-order valence-corrected chi connectivity index (χ2v) is 12.5. The van der Waals surface area contributed by atoms with Crippen molar-refractivity contribution < 1.29 is 44.6 Å². The van der Waals surface area contributed by atoms with Crippen LogP contribution in [0.3, 0.4) is 0 Å². The topological polar surface area (TPSA) is 21.3 Å². The fourth-order valence-corrected chi connectivity index (χ4v) is 9.67. The van der Waals surface area contributed by atoms with Gasteiger partial charge < -0.3 is 0 Å². The van der Waals surface area contributed by atoms with E-state index in [-0.39, 0.29) is 12.8 Å². The Morgan fingerprint density at radius 2 is 2.04 bits per heavy atom. The molecule has 0 saturated heterocycles. The molecule has 1 aliphatic rings. The van der Waals surface area contributed by atoms with Gasteiger partial charge in [-0.1, -0.05) is 0 Å². The van der Waals surface area contributed by atoms with Gasteiger partial charge in [0.15, 0.2) is 0 Å². The number of methoxy groups -OCH3 is 1. The van der Waals surface area contributed by atoms with Crippen LogP contribution in [0.4, 0.5) is 18.9 Å². The fraction of sp³-hybridized carbons (Fsp3) is 0.647. The zero-order valence-corrected chi connectivity index (χ0v) is 19.3. The Hall–Kier alpha value is 0.0419. The van der Waals surface area contributed by atoms with Gasteiger partial charge in [-0.2, -0.15) is 0 Å². The van der Waals surface area contributed by atoms with Crippen molar-refractivity contribution in [2.24, 2.45) is 5.92 Å². The summed E-state index contributed by atoms with van der Waals surface area (Å²) in [6, 6.07) is 0. The minimum absolute atomic E-state index is 0.247. The van der Waals surface area contributed by atoms with E-state index in [4.69, 9.17) is 4.74 Å². The molecule has 1 N–H and O–H groups in total. The third kappa shape index (κ3) is 5.27. The Morgan fingerprint density at radius 3 is 2.67 bits per heavy atom. The van der Waals surface area contributed by atoms with Crippen LogP contribution in [-0.2, 0) is 4.74 Å². The van der Waals surface area contributed by atoms with Crippen LogP contribution in [0.2, 0.25) is 0 Å². The molecule has 1 aliphatic heterocycles. The predicted molar refractivity (Wildman–Crippen MR) is 91.7 cm³/mol. The second-order valence-electron chi connectivity index (χ2n) is 6.16. The summed E-state index contributed by atoms with van der Waals surface area (Å²) < 4.78 is 46.9. The van der Waals surface area contributed by atoms with Crippen molar-refractivity contribution in [1.29, 1.82) is 0 Å². The Kier molecular flexibility index (Phi) is 7.73. The molecule has 134 valence electrons. The second kappa shape index (κ2) is 9.12. The third-order valence-corrected chi connectivity index (χ3v) is 11.8. The van der Waals surface area contributed by atoms with Crippen molar-refractivity contribution in [1.82, 2.24) is 0 Å². The number of hydrogen-bond donors (Lipinski definition) is 1. The van der Waals surface area contributed by atoms with Crippen LogP contribution in [0.15, 0.2) is 5.38 Å². The molecular weight excluding hydrogens is 561 g/mol. The summed E-state index contributed by atoms with van der Waals surface area (Å²) in [5, 5.41) is 5.68. The van der Waals surface area contributed by atoms with E-state index in [1.807, 2.05) is 6.92 Å². The van der Waals surface area contributed by atoms with Crippen LogP contribution in [0.5, 0.6) is 0 Å². The normalized spacial score (nSPS) is 15.4. The molecule has 7 heteroatoms. The van der Waals surface area contributed by atoms with Gasteiger partial charge >= 0.3 is 160 Å². The fourth-order valence-electron chi connectivity index (χ4n) is 2.92. The maximum atomic E-state index is 12.9. The number of halogens is 3. The molecule has 1 aromatic rings. The number of rotatable bonds is 8. The zero-order chi connectivity index (χ0) is 17.7. The van der Waals surface area contributed by atoms with Gasteiger partial charge in [0.05, 0.1) is 0 Å². The van der Waals surface area contributed by atoms with Crippen LogP contribution >= 0.6 is 11.3 Å². The Morgan fingerprint density at radius 1 is 1.29 bits per heavy atom. The standard InChI is InChI=1S/C17H24F3NOS.U/c1-4-8-14(17(18,19)20)9-6-5-7-10-21-16-13(2)12-23-15(16)11-22-3;/h12,14,21H,4-9H2,1-3H3;. The molecular formula is C17H24F3NOSU. The van der Waals surface area contributed by atoms with Crippen LogP contribution in [0.1, 0.15) is 55.9 Å². The van der Waals surface area contributed by atoms with Gasteiger partial charge in [0.25, 0.3) is 0 Å². The van der Waals surface area contributed by atoms with E-state index in [0.717, 1.165) is 21.2 Å². The van der Waals surface area contributed by atoms with Gasteiger partial charge in [-0.25, -0.2) is 0 Å². The van der Waals surface area contributed by atoms with Gasteiger partial charge in [-0.15, -0.1) is 0 Å². The zero-order valence-electron chi connectivity index (χ0n) is 14.3. The molecule has 0 bridgehead atoms. The van der Waals surface area contributed by atoms with Crippen LogP contribution in [0, 0.1) is 39.6 Å². The van der Waals surface area contributed by atoms with Gasteiger partial charge in [-0.3, -0.25) is 0 Å². The first kappa shape index (κ1) is 20.4. The number of fused-ring (bicyclic) bond motifs is 1. The molecule has 0 saturated carbocycles. The van der Waals surface area contributed by atoms with Gasteiger partial charge in [0.2, 0.25) is 0 Å². The summed E-state index contributed by atoms with van der Waals surface area (Å²) in [4.78, 5) is 1.23. The van der Waals surface area contributed by atoms with E-state index in [2.05, 4.69) is 17.6 Å². The Labute approximate surface area is 159 Å². The number of alkyl halides is 3. The van der Waals surface area contributed by atoms with Crippen molar-refractivity contribution in [2.75, 3.05) is 12.4 Å². The summed E-state index contributed by atoms with van der Waals surface area (Å²) in [5.74, 6) is -1.14. The first-order valence-electron chi connectivity index (χ1n) is 8.32. The monoisotopic (exact) mass is 585 g/mol. The number of thiophene rings is 1. The number of anilines is 1. The number of unbranched alkanes of at least 4 members (excludes halogenated alkanes) is 1. The van der Waals surface area contributed by atoms with Gasteiger partial charge in [0.1, 0.15) is 0 Å². The van der Waals surface area contributed by atoms with Crippen LogP contribution < -0.4 is 5.32 Å². The van der Waals surface area contributed by atoms with Crippen molar-refractivity contribution in [2.45, 2.75) is 58.5 Å². The summed E-state index contributed by atoms with van der Waals surface area (Å²) >= 11 is 0.364. The molecule has 2 heterocycles. The third-order valence-electron chi connectivity index (χ3n) is 4.26. The molecule has 2 nitrogen and oxygen atoms in total. The van der Waals surface area contributed by atoms with Crippen LogP contribution in [-0.4, -0.2) is 18.6 Å². The molecule has 2 rings (SSSR count). The summed E-state index contributed by atoms with van der Waals surface area (Å²) in [7, 11) is 1.73. The molecule has 0 spiro atoms. The van der Waals surface area contributed by atoms with Crippen molar-refractivity contribution in [3.8, 4) is 0 Å². The Bertz CT molecular complexity index is 632. The summed E-state index contributed by atoms with van der Waals surface area (Å²) in [5.41, 5.74) is 2.36. The summed E-state index contributed by atoms with van der Waals surface area (Å²) in [6.07, 6.45) is -0.616. The number of nitrogens with one attached hydrogen (secondary N) is 1. The van der Waals surface area contributed by atoms with E-state index in [9.17, 15) is 13.2 Å². The average Bonchev–Trinajstić information content (AvgIpc) is 2.90. The van der Waals surface area contributed by atoms with Crippen LogP contribution in [0.25, 0.3) is 0 Å². The van der Waals surface area contributed by atoms with E-state index >= 15 is 0 Å². The molecule has 1 aromatic heterocycles. The minimum atomic E-state index is -4.05. The van der Waals surface area contributed by atoms with E-state index in [0.29, 0.717) is 12.8 Å². The SMILES string of the molecule is CCCC(CCCC[C]1=[U]=[C](OC)c2scc(C)c2N1)C(F)(F)F. The number of ether oxygens (including phenoxy) is 1. The molecule has 0 radical (unpaired) electrons. The molecule has 24 heavy (non-hydrogen) atoms. The van der Waals surface area contributed by atoms with Gasteiger partial charge in [-0.05, 0) is 0 Å². The summed E-state index contributed by atoms with van der Waals surface area (Å²) in [6.45, 7) is 3.89. The maximum absolute atomic E-state index is 12.9. The molecule has 0 aromatic carbocycles. The predicted octanol–water partition coefficient (Wildman–Crippen LogP) is 5.36. The quantitative estimate of drug-likeness (QED) is 0.415. The van der Waals surface area contributed by atoms with Crippen molar-refractivity contribution in [3.05, 3.63) is 15.8 Å². The van der Waals surface area contributed by atoms with E-state index in [1.165, 1.54) is 13.1 Å². The average molecular weight is 585 g/mol. The molecule has 0 amide bonds. The molecule has 0 aliphatic carbocycles. The number of aryl methyl sites for hydroxylation is 1. The first-order valence-corrected chi connectivity index (χ1v) is 13.4. The molecule has 1 atom stereocenters. The van der Waals surface area contributed by atoms with E-state index in [1.54, 1.807) is 18.4 Å². The number of hydrogen-bond acceptors (Lipinski definition) is 3. The van der Waals surface area contributed by atoms with E-state index < -0.39 is 38.8 Å². The van der Waals surface area contributed by atoms with Crippen molar-refractivity contribution in [3.63, 3.8) is 0 Å². The van der Waals surface area contributed by atoms with Gasteiger partial charge in [0, 0.05) is 0 Å².